The zero-order valence-electron chi connectivity index (χ0n) is 16.4. The number of carbonyl (C=O) groups excluding carboxylic acids is 1. The van der Waals surface area contributed by atoms with Gasteiger partial charge >= 0.3 is 0 Å². The lowest BCUT2D eigenvalue weighted by Crippen LogP contribution is -2.54. The first-order valence-corrected chi connectivity index (χ1v) is 12.0. The van der Waals surface area contributed by atoms with E-state index in [2.05, 4.69) is 10.9 Å². The van der Waals surface area contributed by atoms with Gasteiger partial charge in [-0.3, -0.25) is 4.79 Å². The van der Waals surface area contributed by atoms with E-state index in [-0.39, 0.29) is 48.0 Å². The van der Waals surface area contributed by atoms with E-state index >= 15 is 0 Å². The molecule has 0 bridgehead atoms. The number of halogens is 3. The minimum atomic E-state index is -3.81. The van der Waals surface area contributed by atoms with Gasteiger partial charge in [0.15, 0.2) is 0 Å². The van der Waals surface area contributed by atoms with Gasteiger partial charge in [-0.05, 0) is 42.3 Å². The molecule has 0 aliphatic carbocycles. The summed E-state index contributed by atoms with van der Waals surface area (Å²) in [4.78, 5) is 14.5. The third-order valence-corrected chi connectivity index (χ3v) is 7.95. The minimum Gasteiger partial charge on any atom is -0.339 e. The SMILES string of the molecule is O=C(C1CC(c2cccc(Cl)c2)NN1)N1CCN(S(=O)(=O)c2ccc(F)c(Cl)c2)CC1. The maximum atomic E-state index is 13.4. The Labute approximate surface area is 190 Å². The zero-order valence-corrected chi connectivity index (χ0v) is 18.7. The Morgan fingerprint density at radius 3 is 2.45 bits per heavy atom. The number of nitrogens with zero attached hydrogens (tertiary/aromatic N) is 2. The molecule has 2 aliphatic rings. The fraction of sp³-hybridized carbons (Fsp3) is 0.350. The first-order chi connectivity index (χ1) is 14.8. The maximum absolute atomic E-state index is 13.4. The van der Waals surface area contributed by atoms with Crippen LogP contribution in [0.5, 0.6) is 0 Å². The minimum absolute atomic E-state index is 0.0439. The van der Waals surface area contributed by atoms with E-state index in [9.17, 15) is 17.6 Å². The van der Waals surface area contributed by atoms with Crippen molar-refractivity contribution in [2.24, 2.45) is 0 Å². The molecule has 11 heteroatoms. The van der Waals surface area contributed by atoms with Gasteiger partial charge in [0.2, 0.25) is 15.9 Å². The van der Waals surface area contributed by atoms with Gasteiger partial charge in [0, 0.05) is 37.2 Å². The van der Waals surface area contributed by atoms with E-state index in [0.717, 1.165) is 17.7 Å². The van der Waals surface area contributed by atoms with Gasteiger partial charge in [-0.1, -0.05) is 35.3 Å². The molecule has 0 radical (unpaired) electrons. The summed E-state index contributed by atoms with van der Waals surface area (Å²) in [6, 6.07) is 10.3. The van der Waals surface area contributed by atoms with E-state index in [1.807, 2.05) is 18.2 Å². The molecule has 2 heterocycles. The summed E-state index contributed by atoms with van der Waals surface area (Å²) < 4.78 is 40.3. The Morgan fingerprint density at radius 2 is 1.77 bits per heavy atom. The van der Waals surface area contributed by atoms with Crippen LogP contribution < -0.4 is 10.9 Å². The van der Waals surface area contributed by atoms with Crippen molar-refractivity contribution in [2.75, 3.05) is 26.2 Å². The quantitative estimate of drug-likeness (QED) is 0.693. The molecule has 0 aromatic heterocycles. The van der Waals surface area contributed by atoms with E-state index in [1.54, 1.807) is 11.0 Å². The van der Waals surface area contributed by atoms with Crippen LogP contribution >= 0.6 is 23.2 Å². The fourth-order valence-electron chi connectivity index (χ4n) is 3.82. The second-order valence-corrected chi connectivity index (χ2v) is 10.3. The highest BCUT2D eigenvalue weighted by molar-refractivity contribution is 7.89. The largest absolute Gasteiger partial charge is 0.339 e. The molecule has 7 nitrogen and oxygen atoms in total. The second-order valence-electron chi connectivity index (χ2n) is 7.49. The number of nitrogens with one attached hydrogen (secondary N) is 2. The van der Waals surface area contributed by atoms with Crippen molar-refractivity contribution in [2.45, 2.75) is 23.4 Å². The Kier molecular flexibility index (Phi) is 6.52. The maximum Gasteiger partial charge on any atom is 0.243 e. The van der Waals surface area contributed by atoms with Crippen molar-refractivity contribution in [3.63, 3.8) is 0 Å². The molecule has 0 spiro atoms. The van der Waals surface area contributed by atoms with E-state index in [1.165, 1.54) is 10.4 Å². The van der Waals surface area contributed by atoms with Crippen molar-refractivity contribution in [1.82, 2.24) is 20.1 Å². The van der Waals surface area contributed by atoms with Crippen LogP contribution in [0.15, 0.2) is 47.4 Å². The zero-order chi connectivity index (χ0) is 22.2. The molecule has 2 fully saturated rings. The third kappa shape index (κ3) is 4.72. The summed E-state index contributed by atoms with van der Waals surface area (Å²) >= 11 is 11.8. The number of hydrogen-bond acceptors (Lipinski definition) is 5. The highest BCUT2D eigenvalue weighted by Gasteiger charge is 2.36. The lowest BCUT2D eigenvalue weighted by Gasteiger charge is -2.35. The van der Waals surface area contributed by atoms with Crippen LogP contribution in [-0.4, -0.2) is 55.8 Å². The predicted molar refractivity (Wildman–Crippen MR) is 116 cm³/mol. The summed E-state index contributed by atoms with van der Waals surface area (Å²) in [5.41, 5.74) is 7.15. The average Bonchev–Trinajstić information content (AvgIpc) is 3.25. The Hall–Kier alpha value is -1.75. The van der Waals surface area contributed by atoms with Crippen molar-refractivity contribution < 1.29 is 17.6 Å². The number of carbonyl (C=O) groups is 1. The van der Waals surface area contributed by atoms with Crippen molar-refractivity contribution >= 4 is 39.1 Å². The van der Waals surface area contributed by atoms with Gasteiger partial charge in [-0.15, -0.1) is 0 Å². The van der Waals surface area contributed by atoms with Crippen LogP contribution in [0.1, 0.15) is 18.0 Å². The average molecular weight is 487 g/mol. The van der Waals surface area contributed by atoms with Crippen LogP contribution in [0.4, 0.5) is 4.39 Å². The van der Waals surface area contributed by atoms with Gasteiger partial charge < -0.3 is 4.90 Å². The third-order valence-electron chi connectivity index (χ3n) is 5.53. The number of rotatable bonds is 4. The number of hydrazine groups is 1. The molecule has 4 rings (SSSR count). The molecule has 2 aliphatic heterocycles. The molecule has 2 N–H and O–H groups in total. The highest BCUT2D eigenvalue weighted by Crippen LogP contribution is 2.26. The van der Waals surface area contributed by atoms with Gasteiger partial charge in [-0.25, -0.2) is 23.7 Å². The molecule has 2 aromatic rings. The lowest BCUT2D eigenvalue weighted by atomic mass is 10.0. The first kappa shape index (κ1) is 22.4. The number of benzene rings is 2. The van der Waals surface area contributed by atoms with Crippen LogP contribution in [0.3, 0.4) is 0 Å². The van der Waals surface area contributed by atoms with Crippen LogP contribution in [-0.2, 0) is 14.8 Å². The Bertz CT molecular complexity index is 1090. The van der Waals surface area contributed by atoms with E-state index in [4.69, 9.17) is 23.2 Å². The highest BCUT2D eigenvalue weighted by atomic mass is 35.5. The van der Waals surface area contributed by atoms with Gasteiger partial charge in [0.25, 0.3) is 0 Å². The lowest BCUT2D eigenvalue weighted by molar-refractivity contribution is -0.134. The van der Waals surface area contributed by atoms with Crippen LogP contribution in [0, 0.1) is 5.82 Å². The number of piperazine rings is 1. The topological polar surface area (TPSA) is 81.8 Å². The molecular weight excluding hydrogens is 466 g/mol. The molecule has 0 saturated carbocycles. The summed E-state index contributed by atoms with van der Waals surface area (Å²) in [6.07, 6.45) is 0.561. The number of sulfonamides is 1. The van der Waals surface area contributed by atoms with E-state index < -0.39 is 21.9 Å². The Balaban J connectivity index is 1.36. The molecule has 31 heavy (non-hydrogen) atoms. The van der Waals surface area contributed by atoms with Gasteiger partial charge in [-0.2, -0.15) is 4.31 Å². The van der Waals surface area contributed by atoms with Gasteiger partial charge in [0.1, 0.15) is 11.9 Å². The van der Waals surface area contributed by atoms with Crippen molar-refractivity contribution in [1.29, 1.82) is 0 Å². The van der Waals surface area contributed by atoms with Crippen LogP contribution in [0.25, 0.3) is 0 Å². The van der Waals surface area contributed by atoms with E-state index in [0.29, 0.717) is 11.4 Å². The molecular formula is C20H21Cl2FN4O3S. The molecule has 1 amide bonds. The monoisotopic (exact) mass is 486 g/mol. The second kappa shape index (κ2) is 9.01. The molecule has 2 aromatic carbocycles. The molecule has 2 atom stereocenters. The number of hydrogen-bond donors (Lipinski definition) is 2. The number of amides is 1. The molecule has 166 valence electrons. The summed E-state index contributed by atoms with van der Waals surface area (Å²) in [6.45, 7) is 0.849. The molecule has 2 unspecified atom stereocenters. The fourth-order valence-corrected chi connectivity index (χ4v) is 5.71. The summed E-state index contributed by atoms with van der Waals surface area (Å²) in [5.74, 6) is -0.760. The van der Waals surface area contributed by atoms with Crippen LogP contribution in [0.2, 0.25) is 10.0 Å². The predicted octanol–water partition coefficient (Wildman–Crippen LogP) is 2.57. The molecule has 2 saturated heterocycles. The first-order valence-electron chi connectivity index (χ1n) is 9.76. The summed E-state index contributed by atoms with van der Waals surface area (Å²) in [5, 5.41) is 0.387. The Morgan fingerprint density at radius 1 is 1.03 bits per heavy atom. The van der Waals surface area contributed by atoms with Gasteiger partial charge in [0.05, 0.1) is 9.92 Å². The standard InChI is InChI=1S/C20H21Cl2FN4O3S/c21-14-3-1-2-13(10-14)18-12-19(25-24-18)20(28)26-6-8-27(9-7-26)31(29,30)15-4-5-17(23)16(22)11-15/h1-5,10-11,18-19,24-25H,6-9,12H2. The van der Waals surface area contributed by atoms with Crippen molar-refractivity contribution in [3.05, 3.63) is 63.9 Å². The normalized spacial score (nSPS) is 22.6. The van der Waals surface area contributed by atoms with Crippen molar-refractivity contribution in [3.8, 4) is 0 Å². The smallest absolute Gasteiger partial charge is 0.243 e. The summed E-state index contributed by atoms with van der Waals surface area (Å²) in [7, 11) is -3.81.